The van der Waals surface area contributed by atoms with Crippen LogP contribution in [-0.2, 0) is 0 Å². The second kappa shape index (κ2) is 6.29. The summed E-state index contributed by atoms with van der Waals surface area (Å²) in [5.41, 5.74) is 0.766. The summed E-state index contributed by atoms with van der Waals surface area (Å²) >= 11 is 1.64. The van der Waals surface area contributed by atoms with Crippen molar-refractivity contribution in [2.24, 2.45) is 0 Å². The highest BCUT2D eigenvalue weighted by molar-refractivity contribution is 7.12. The van der Waals surface area contributed by atoms with Crippen molar-refractivity contribution >= 4 is 23.1 Å². The molecule has 2 aromatic heterocycles. The molecule has 0 saturated carbocycles. The third-order valence-corrected chi connectivity index (χ3v) is 3.53. The molecule has 0 aromatic carbocycles. The number of carbonyl (C=O) groups is 1. The molecule has 0 fully saturated rings. The van der Waals surface area contributed by atoms with Crippen molar-refractivity contribution in [1.29, 1.82) is 0 Å². The van der Waals surface area contributed by atoms with Gasteiger partial charge in [0.25, 0.3) is 5.91 Å². The lowest BCUT2D eigenvalue weighted by molar-refractivity contribution is 0.0955. The zero-order valence-electron chi connectivity index (χ0n) is 10.9. The number of hydrogen-bond donors (Lipinski definition) is 2. The molecule has 0 atom stereocenters. The fraction of sp³-hybridized carbons (Fsp3) is 0.308. The molecule has 2 heterocycles. The van der Waals surface area contributed by atoms with Crippen LogP contribution in [-0.4, -0.2) is 29.0 Å². The van der Waals surface area contributed by atoms with Crippen LogP contribution < -0.4 is 10.6 Å². The van der Waals surface area contributed by atoms with E-state index in [0.717, 1.165) is 15.3 Å². The quantitative estimate of drug-likeness (QED) is 0.820. The maximum Gasteiger partial charge on any atom is 0.252 e. The van der Waals surface area contributed by atoms with E-state index >= 15 is 0 Å². The van der Waals surface area contributed by atoms with Gasteiger partial charge in [0.2, 0.25) is 0 Å². The standard InChI is InChI=1S/C13H16N4OS/c1-9-7-11(10(2)19-9)13(18)17-6-5-16-12-8-14-3-4-15-12/h3-4,7-8H,5-6H2,1-2H3,(H,15,16)(H,17,18). The number of hydrogen-bond acceptors (Lipinski definition) is 5. The molecule has 0 radical (unpaired) electrons. The van der Waals surface area contributed by atoms with E-state index in [9.17, 15) is 4.79 Å². The summed E-state index contributed by atoms with van der Waals surface area (Å²) in [7, 11) is 0. The molecule has 100 valence electrons. The number of carbonyl (C=O) groups excluding carboxylic acids is 1. The van der Waals surface area contributed by atoms with Gasteiger partial charge in [-0.1, -0.05) is 0 Å². The molecule has 2 rings (SSSR count). The molecule has 5 nitrogen and oxygen atoms in total. The molecule has 0 spiro atoms. The van der Waals surface area contributed by atoms with Crippen molar-refractivity contribution in [3.05, 3.63) is 40.0 Å². The van der Waals surface area contributed by atoms with Gasteiger partial charge in [0.15, 0.2) is 0 Å². The maximum absolute atomic E-state index is 11.9. The minimum atomic E-state index is -0.0252. The zero-order valence-corrected chi connectivity index (χ0v) is 11.8. The van der Waals surface area contributed by atoms with Gasteiger partial charge >= 0.3 is 0 Å². The molecule has 1 amide bonds. The van der Waals surface area contributed by atoms with Crippen molar-refractivity contribution < 1.29 is 4.79 Å². The Bertz CT molecular complexity index is 553. The SMILES string of the molecule is Cc1cc(C(=O)NCCNc2cnccn2)c(C)s1. The van der Waals surface area contributed by atoms with E-state index in [2.05, 4.69) is 20.6 Å². The molecule has 19 heavy (non-hydrogen) atoms. The van der Waals surface area contributed by atoms with Crippen molar-refractivity contribution in [2.45, 2.75) is 13.8 Å². The smallest absolute Gasteiger partial charge is 0.252 e. The van der Waals surface area contributed by atoms with E-state index in [0.29, 0.717) is 18.9 Å². The third kappa shape index (κ3) is 3.75. The number of thiophene rings is 1. The van der Waals surface area contributed by atoms with Gasteiger partial charge in [0.1, 0.15) is 5.82 Å². The predicted molar refractivity (Wildman–Crippen MR) is 76.6 cm³/mol. The Kier molecular flexibility index (Phi) is 4.46. The molecular weight excluding hydrogens is 260 g/mol. The van der Waals surface area contributed by atoms with E-state index in [1.807, 2.05) is 19.9 Å². The highest BCUT2D eigenvalue weighted by Crippen LogP contribution is 2.20. The monoisotopic (exact) mass is 276 g/mol. The summed E-state index contributed by atoms with van der Waals surface area (Å²) in [5.74, 6) is 0.683. The number of aromatic nitrogens is 2. The Labute approximate surface area is 116 Å². The molecule has 6 heteroatoms. The topological polar surface area (TPSA) is 66.9 Å². The highest BCUT2D eigenvalue weighted by Gasteiger charge is 2.10. The van der Waals surface area contributed by atoms with Crippen molar-refractivity contribution in [1.82, 2.24) is 15.3 Å². The van der Waals surface area contributed by atoms with Crippen molar-refractivity contribution in [2.75, 3.05) is 18.4 Å². The first kappa shape index (κ1) is 13.5. The highest BCUT2D eigenvalue weighted by atomic mass is 32.1. The fourth-order valence-electron chi connectivity index (χ4n) is 1.71. The van der Waals surface area contributed by atoms with E-state index < -0.39 is 0 Å². The minimum Gasteiger partial charge on any atom is -0.367 e. The van der Waals surface area contributed by atoms with Gasteiger partial charge in [-0.25, -0.2) is 4.98 Å². The van der Waals surface area contributed by atoms with Crippen molar-refractivity contribution in [3.8, 4) is 0 Å². The molecule has 0 saturated heterocycles. The van der Waals surface area contributed by atoms with Crippen molar-refractivity contribution in [3.63, 3.8) is 0 Å². The second-order valence-corrected chi connectivity index (χ2v) is 5.56. The molecule has 0 aliphatic heterocycles. The fourth-order valence-corrected chi connectivity index (χ4v) is 2.63. The van der Waals surface area contributed by atoms with Gasteiger partial charge in [-0.3, -0.25) is 9.78 Å². The molecule has 0 aliphatic rings. The van der Waals surface area contributed by atoms with Crippen LogP contribution in [0.2, 0.25) is 0 Å². The summed E-state index contributed by atoms with van der Waals surface area (Å²) in [6.45, 7) is 5.13. The van der Waals surface area contributed by atoms with Gasteiger partial charge in [-0.15, -0.1) is 11.3 Å². The Morgan fingerprint density at radius 3 is 2.79 bits per heavy atom. The first-order valence-electron chi connectivity index (χ1n) is 6.02. The number of anilines is 1. The largest absolute Gasteiger partial charge is 0.367 e. The van der Waals surface area contributed by atoms with Crippen LogP contribution in [0.25, 0.3) is 0 Å². The van der Waals surface area contributed by atoms with Crippen LogP contribution in [0.5, 0.6) is 0 Å². The summed E-state index contributed by atoms with van der Waals surface area (Å²) in [6, 6.07) is 1.92. The van der Waals surface area contributed by atoms with Gasteiger partial charge in [-0.05, 0) is 19.9 Å². The van der Waals surface area contributed by atoms with E-state index in [4.69, 9.17) is 0 Å². The normalized spacial score (nSPS) is 10.2. The van der Waals surface area contributed by atoms with Gasteiger partial charge in [0, 0.05) is 35.2 Å². The maximum atomic E-state index is 11.9. The Hall–Kier alpha value is -1.95. The van der Waals surface area contributed by atoms with Gasteiger partial charge in [0.05, 0.1) is 11.8 Å². The Balaban J connectivity index is 1.77. The Morgan fingerprint density at radius 2 is 2.16 bits per heavy atom. The van der Waals surface area contributed by atoms with E-state index in [1.165, 1.54) is 0 Å². The average molecular weight is 276 g/mol. The predicted octanol–water partition coefficient (Wildman–Crippen LogP) is 2.00. The number of aryl methyl sites for hydroxylation is 2. The molecule has 0 unspecified atom stereocenters. The van der Waals surface area contributed by atoms with Crippen LogP contribution in [0.3, 0.4) is 0 Å². The van der Waals surface area contributed by atoms with Crippen LogP contribution in [0.15, 0.2) is 24.7 Å². The number of rotatable bonds is 5. The van der Waals surface area contributed by atoms with Crippen LogP contribution in [0.4, 0.5) is 5.82 Å². The van der Waals surface area contributed by atoms with Crippen LogP contribution in [0, 0.1) is 13.8 Å². The van der Waals surface area contributed by atoms with E-state index in [1.54, 1.807) is 29.9 Å². The Morgan fingerprint density at radius 1 is 1.32 bits per heavy atom. The average Bonchev–Trinajstić information content (AvgIpc) is 2.75. The first-order chi connectivity index (χ1) is 9.16. The summed E-state index contributed by atoms with van der Waals surface area (Å²) in [4.78, 5) is 22.2. The lowest BCUT2D eigenvalue weighted by Crippen LogP contribution is -2.29. The summed E-state index contributed by atoms with van der Waals surface area (Å²) in [6.07, 6.45) is 4.89. The van der Waals surface area contributed by atoms with E-state index in [-0.39, 0.29) is 5.91 Å². The van der Waals surface area contributed by atoms with Crippen LogP contribution in [0.1, 0.15) is 20.1 Å². The lowest BCUT2D eigenvalue weighted by atomic mass is 10.2. The van der Waals surface area contributed by atoms with Crippen LogP contribution >= 0.6 is 11.3 Å². The first-order valence-corrected chi connectivity index (χ1v) is 6.83. The van der Waals surface area contributed by atoms with Gasteiger partial charge < -0.3 is 10.6 Å². The third-order valence-electron chi connectivity index (χ3n) is 2.57. The number of amides is 1. The molecule has 2 N–H and O–H groups in total. The summed E-state index contributed by atoms with van der Waals surface area (Å²) < 4.78 is 0. The molecule has 2 aromatic rings. The molecular formula is C13H16N4OS. The zero-order chi connectivity index (χ0) is 13.7. The number of nitrogens with zero attached hydrogens (tertiary/aromatic N) is 2. The van der Waals surface area contributed by atoms with Gasteiger partial charge in [-0.2, -0.15) is 0 Å². The minimum absolute atomic E-state index is 0.0252. The number of nitrogens with one attached hydrogen (secondary N) is 2. The summed E-state index contributed by atoms with van der Waals surface area (Å²) in [5, 5.41) is 5.97. The molecule has 0 bridgehead atoms. The lowest BCUT2D eigenvalue weighted by Gasteiger charge is -2.06. The molecule has 0 aliphatic carbocycles. The second-order valence-electron chi connectivity index (χ2n) is 4.10.